The highest BCUT2D eigenvalue weighted by Gasteiger charge is 2.23. The van der Waals surface area contributed by atoms with Gasteiger partial charge in [0, 0.05) is 19.2 Å². The minimum Gasteiger partial charge on any atom is -0.378 e. The number of thioether (sulfide) groups is 1. The van der Waals surface area contributed by atoms with Gasteiger partial charge in [-0.05, 0) is 30.7 Å². The van der Waals surface area contributed by atoms with Gasteiger partial charge < -0.3 is 15.0 Å². The van der Waals surface area contributed by atoms with Crippen molar-refractivity contribution in [2.24, 2.45) is 0 Å². The zero-order chi connectivity index (χ0) is 21.8. The molecule has 2 heterocycles. The lowest BCUT2D eigenvalue weighted by molar-refractivity contribution is -0.113. The number of morpholine rings is 1. The molecule has 7 nitrogen and oxygen atoms in total. The molecule has 1 aliphatic rings. The molecule has 10 heteroatoms. The maximum absolute atomic E-state index is 13.8. The molecule has 0 aliphatic carbocycles. The van der Waals surface area contributed by atoms with Crippen LogP contribution in [0.4, 0.5) is 20.4 Å². The molecule has 1 saturated heterocycles. The van der Waals surface area contributed by atoms with Crippen molar-refractivity contribution in [3.8, 4) is 5.69 Å². The van der Waals surface area contributed by atoms with E-state index in [1.54, 1.807) is 0 Å². The standard InChI is InChI=1S/C21H21F2N5O2S/c1-14-4-2-3-5-18(14)28-20(27-8-10-30-11-9-27)25-26-21(28)31-13-19(29)24-17-12-15(22)6-7-16(17)23/h2-7,12H,8-11,13H2,1H3,(H,24,29). The van der Waals surface area contributed by atoms with E-state index in [1.165, 1.54) is 11.8 Å². The summed E-state index contributed by atoms with van der Waals surface area (Å²) in [5.41, 5.74) is 1.75. The third-order valence-electron chi connectivity index (χ3n) is 4.80. The Kier molecular flexibility index (Phi) is 6.47. The van der Waals surface area contributed by atoms with Gasteiger partial charge in [0.2, 0.25) is 11.9 Å². The number of para-hydroxylation sites is 1. The number of ether oxygens (including phenoxy) is 1. The first-order valence-electron chi connectivity index (χ1n) is 9.75. The molecular weight excluding hydrogens is 424 g/mol. The zero-order valence-corrected chi connectivity index (χ0v) is 17.7. The second-order valence-corrected chi connectivity index (χ2v) is 7.91. The Hall–Kier alpha value is -2.98. The van der Waals surface area contributed by atoms with Crippen molar-refractivity contribution in [1.82, 2.24) is 14.8 Å². The molecule has 0 unspecified atom stereocenters. The van der Waals surface area contributed by atoms with Gasteiger partial charge in [0.25, 0.3) is 0 Å². The van der Waals surface area contributed by atoms with Gasteiger partial charge in [-0.1, -0.05) is 30.0 Å². The summed E-state index contributed by atoms with van der Waals surface area (Å²) in [4.78, 5) is 14.5. The first-order valence-corrected chi connectivity index (χ1v) is 10.7. The van der Waals surface area contributed by atoms with Crippen LogP contribution in [0.15, 0.2) is 47.6 Å². The highest BCUT2D eigenvalue weighted by atomic mass is 32.2. The first kappa shape index (κ1) is 21.3. The van der Waals surface area contributed by atoms with Crippen LogP contribution in [0.2, 0.25) is 0 Å². The Bertz CT molecular complexity index is 1090. The number of halogens is 2. The van der Waals surface area contributed by atoms with Crippen LogP contribution in [0.5, 0.6) is 0 Å². The van der Waals surface area contributed by atoms with Crippen LogP contribution >= 0.6 is 11.8 Å². The van der Waals surface area contributed by atoms with E-state index in [2.05, 4.69) is 20.4 Å². The van der Waals surface area contributed by atoms with E-state index in [0.717, 1.165) is 29.4 Å². The molecule has 4 rings (SSSR count). The molecule has 2 aromatic carbocycles. The second-order valence-electron chi connectivity index (χ2n) is 6.96. The van der Waals surface area contributed by atoms with Crippen molar-refractivity contribution >= 4 is 29.3 Å². The highest BCUT2D eigenvalue weighted by molar-refractivity contribution is 7.99. The van der Waals surface area contributed by atoms with E-state index < -0.39 is 17.5 Å². The molecular formula is C21H21F2N5O2S. The Morgan fingerprint density at radius 3 is 2.71 bits per heavy atom. The Balaban J connectivity index is 1.56. The fourth-order valence-electron chi connectivity index (χ4n) is 3.26. The van der Waals surface area contributed by atoms with Crippen molar-refractivity contribution < 1.29 is 18.3 Å². The van der Waals surface area contributed by atoms with Crippen LogP contribution in [0.1, 0.15) is 5.56 Å². The van der Waals surface area contributed by atoms with Crippen LogP contribution in [0, 0.1) is 18.6 Å². The van der Waals surface area contributed by atoms with Gasteiger partial charge in [0.15, 0.2) is 5.16 Å². The number of hydrogen-bond acceptors (Lipinski definition) is 6. The molecule has 0 spiro atoms. The van der Waals surface area contributed by atoms with E-state index in [4.69, 9.17) is 4.74 Å². The van der Waals surface area contributed by atoms with Gasteiger partial charge >= 0.3 is 0 Å². The van der Waals surface area contributed by atoms with Gasteiger partial charge in [0.1, 0.15) is 11.6 Å². The number of aryl methyl sites for hydroxylation is 1. The van der Waals surface area contributed by atoms with E-state index >= 15 is 0 Å². The molecule has 1 fully saturated rings. The molecule has 0 saturated carbocycles. The van der Waals surface area contributed by atoms with Crippen molar-refractivity contribution in [2.45, 2.75) is 12.1 Å². The number of benzene rings is 2. The summed E-state index contributed by atoms with van der Waals surface area (Å²) in [5.74, 6) is -1.15. The normalized spacial score (nSPS) is 14.0. The average molecular weight is 445 g/mol. The van der Waals surface area contributed by atoms with E-state index in [-0.39, 0.29) is 11.4 Å². The Labute approximate surface area is 182 Å². The van der Waals surface area contributed by atoms with Crippen LogP contribution in [-0.2, 0) is 9.53 Å². The number of amides is 1. The molecule has 1 amide bonds. The smallest absolute Gasteiger partial charge is 0.234 e. The summed E-state index contributed by atoms with van der Waals surface area (Å²) in [5, 5.41) is 11.6. The van der Waals surface area contributed by atoms with Crippen molar-refractivity contribution in [3.63, 3.8) is 0 Å². The fraction of sp³-hybridized carbons (Fsp3) is 0.286. The van der Waals surface area contributed by atoms with Crippen LogP contribution < -0.4 is 10.2 Å². The average Bonchev–Trinajstić information content (AvgIpc) is 3.19. The fourth-order valence-corrected chi connectivity index (χ4v) is 4.00. The van der Waals surface area contributed by atoms with Crippen LogP contribution in [-0.4, -0.2) is 52.7 Å². The molecule has 162 valence electrons. The molecule has 1 aromatic heterocycles. The molecule has 0 radical (unpaired) electrons. The third kappa shape index (κ3) is 4.86. The number of anilines is 2. The minimum absolute atomic E-state index is 0.0386. The number of carbonyl (C=O) groups excluding carboxylic acids is 1. The summed E-state index contributed by atoms with van der Waals surface area (Å²) in [7, 11) is 0. The monoisotopic (exact) mass is 445 g/mol. The predicted molar refractivity (Wildman–Crippen MR) is 115 cm³/mol. The van der Waals surface area contributed by atoms with Gasteiger partial charge in [-0.15, -0.1) is 10.2 Å². The number of rotatable bonds is 6. The summed E-state index contributed by atoms with van der Waals surface area (Å²) < 4.78 is 34.5. The number of nitrogens with one attached hydrogen (secondary N) is 1. The van der Waals surface area contributed by atoms with Gasteiger partial charge in [-0.25, -0.2) is 8.78 Å². The Morgan fingerprint density at radius 2 is 1.94 bits per heavy atom. The first-order chi connectivity index (χ1) is 15.0. The van der Waals surface area contributed by atoms with Crippen LogP contribution in [0.25, 0.3) is 5.69 Å². The lowest BCUT2D eigenvalue weighted by Gasteiger charge is -2.28. The summed E-state index contributed by atoms with van der Waals surface area (Å²) in [6.45, 7) is 4.57. The molecule has 1 aliphatic heterocycles. The lowest BCUT2D eigenvalue weighted by Crippen LogP contribution is -2.38. The molecule has 0 bridgehead atoms. The van der Waals surface area contributed by atoms with Crippen molar-refractivity contribution in [2.75, 3.05) is 42.3 Å². The van der Waals surface area contributed by atoms with E-state index in [0.29, 0.717) is 37.4 Å². The third-order valence-corrected chi connectivity index (χ3v) is 5.73. The van der Waals surface area contributed by atoms with Crippen molar-refractivity contribution in [1.29, 1.82) is 0 Å². The highest BCUT2D eigenvalue weighted by Crippen LogP contribution is 2.29. The van der Waals surface area contributed by atoms with E-state index in [1.807, 2.05) is 35.8 Å². The number of aromatic nitrogens is 3. The maximum atomic E-state index is 13.8. The number of carbonyl (C=O) groups is 1. The largest absolute Gasteiger partial charge is 0.378 e. The SMILES string of the molecule is Cc1ccccc1-n1c(SCC(=O)Nc2cc(F)ccc2F)nnc1N1CCOCC1. The van der Waals surface area contributed by atoms with Gasteiger partial charge in [0.05, 0.1) is 30.3 Å². The van der Waals surface area contributed by atoms with Crippen molar-refractivity contribution in [3.05, 3.63) is 59.7 Å². The molecule has 31 heavy (non-hydrogen) atoms. The summed E-state index contributed by atoms with van der Waals surface area (Å²) >= 11 is 1.18. The summed E-state index contributed by atoms with van der Waals surface area (Å²) in [6, 6.07) is 10.8. The quantitative estimate of drug-likeness (QED) is 0.587. The van der Waals surface area contributed by atoms with Crippen LogP contribution in [0.3, 0.4) is 0 Å². The lowest BCUT2D eigenvalue weighted by atomic mass is 10.2. The van der Waals surface area contributed by atoms with E-state index in [9.17, 15) is 13.6 Å². The second kappa shape index (κ2) is 9.44. The zero-order valence-electron chi connectivity index (χ0n) is 16.8. The minimum atomic E-state index is -0.697. The number of nitrogens with zero attached hydrogens (tertiary/aromatic N) is 4. The Morgan fingerprint density at radius 1 is 1.16 bits per heavy atom. The molecule has 0 atom stereocenters. The summed E-state index contributed by atoms with van der Waals surface area (Å²) in [6.07, 6.45) is 0. The predicted octanol–water partition coefficient (Wildman–Crippen LogP) is 3.42. The maximum Gasteiger partial charge on any atom is 0.234 e. The molecule has 1 N–H and O–H groups in total. The molecule has 3 aromatic rings. The van der Waals surface area contributed by atoms with Gasteiger partial charge in [-0.3, -0.25) is 9.36 Å². The topological polar surface area (TPSA) is 72.3 Å². The van der Waals surface area contributed by atoms with Gasteiger partial charge in [-0.2, -0.15) is 0 Å². The number of hydrogen-bond donors (Lipinski definition) is 1.